The van der Waals surface area contributed by atoms with Gasteiger partial charge in [-0.05, 0) is 19.1 Å². The molecule has 0 amide bonds. The Bertz CT molecular complexity index is 288. The van der Waals surface area contributed by atoms with Crippen LogP contribution in [0.25, 0.3) is 0 Å². The lowest BCUT2D eigenvalue weighted by molar-refractivity contribution is 0.404. The number of hydrogen-bond donors (Lipinski definition) is 1. The van der Waals surface area contributed by atoms with E-state index in [9.17, 15) is 0 Å². The lowest BCUT2D eigenvalue weighted by Crippen LogP contribution is -2.26. The predicted octanol–water partition coefficient (Wildman–Crippen LogP) is 2.52. The van der Waals surface area contributed by atoms with E-state index in [0.717, 1.165) is 10.6 Å². The Morgan fingerprint density at radius 1 is 1.29 bits per heavy atom. The van der Waals surface area contributed by atoms with Crippen molar-refractivity contribution in [2.75, 3.05) is 7.11 Å². The van der Waals surface area contributed by atoms with Crippen molar-refractivity contribution in [1.29, 1.82) is 0 Å². The van der Waals surface area contributed by atoms with Gasteiger partial charge in [-0.1, -0.05) is 19.1 Å². The summed E-state index contributed by atoms with van der Waals surface area (Å²) >= 11 is 1.75. The molecule has 2 N–H and O–H groups in total. The van der Waals surface area contributed by atoms with Crippen LogP contribution < -0.4 is 10.5 Å². The highest BCUT2D eigenvalue weighted by Crippen LogP contribution is 2.32. The summed E-state index contributed by atoms with van der Waals surface area (Å²) in [5, 5.41) is 0.395. The van der Waals surface area contributed by atoms with E-state index in [2.05, 4.69) is 13.0 Å². The average molecular weight is 211 g/mol. The predicted molar refractivity (Wildman–Crippen MR) is 62.0 cm³/mol. The van der Waals surface area contributed by atoms with Crippen LogP contribution in [0, 0.1) is 0 Å². The molecule has 0 bridgehead atoms. The Balaban J connectivity index is 2.75. The maximum absolute atomic E-state index is 5.81. The van der Waals surface area contributed by atoms with Gasteiger partial charge in [0.2, 0.25) is 0 Å². The van der Waals surface area contributed by atoms with Gasteiger partial charge in [-0.2, -0.15) is 0 Å². The molecule has 14 heavy (non-hydrogen) atoms. The first-order valence-corrected chi connectivity index (χ1v) is 5.58. The van der Waals surface area contributed by atoms with Gasteiger partial charge in [0.15, 0.2) is 0 Å². The van der Waals surface area contributed by atoms with Crippen LogP contribution in [0.15, 0.2) is 29.2 Å². The zero-order valence-electron chi connectivity index (χ0n) is 8.86. The molecule has 0 saturated carbocycles. The molecular formula is C11H17NOS. The average Bonchev–Trinajstić information content (AvgIpc) is 2.18. The van der Waals surface area contributed by atoms with Gasteiger partial charge in [-0.3, -0.25) is 0 Å². The van der Waals surface area contributed by atoms with E-state index in [1.165, 1.54) is 0 Å². The van der Waals surface area contributed by atoms with E-state index in [-0.39, 0.29) is 6.04 Å². The molecule has 2 atom stereocenters. The van der Waals surface area contributed by atoms with Gasteiger partial charge >= 0.3 is 0 Å². The van der Waals surface area contributed by atoms with E-state index >= 15 is 0 Å². The Morgan fingerprint density at radius 2 is 1.93 bits per heavy atom. The molecule has 2 nitrogen and oxygen atoms in total. The molecule has 1 rings (SSSR count). The summed E-state index contributed by atoms with van der Waals surface area (Å²) in [6.45, 7) is 4.15. The zero-order chi connectivity index (χ0) is 10.6. The van der Waals surface area contributed by atoms with Crippen molar-refractivity contribution in [1.82, 2.24) is 0 Å². The molecule has 3 heteroatoms. The molecule has 0 saturated heterocycles. The van der Waals surface area contributed by atoms with Crippen LogP contribution in [0.3, 0.4) is 0 Å². The van der Waals surface area contributed by atoms with Gasteiger partial charge in [-0.25, -0.2) is 0 Å². The maximum atomic E-state index is 5.81. The summed E-state index contributed by atoms with van der Waals surface area (Å²) in [7, 11) is 1.69. The number of para-hydroxylation sites is 1. The highest BCUT2D eigenvalue weighted by molar-refractivity contribution is 8.00. The molecule has 0 aromatic heterocycles. The van der Waals surface area contributed by atoms with Crippen LogP contribution in [0.2, 0.25) is 0 Å². The third kappa shape index (κ3) is 2.93. The number of rotatable bonds is 4. The summed E-state index contributed by atoms with van der Waals surface area (Å²) in [6.07, 6.45) is 0. The first-order valence-electron chi connectivity index (χ1n) is 4.70. The quantitative estimate of drug-likeness (QED) is 0.777. The van der Waals surface area contributed by atoms with Crippen molar-refractivity contribution in [3.8, 4) is 5.75 Å². The van der Waals surface area contributed by atoms with Crippen molar-refractivity contribution in [3.63, 3.8) is 0 Å². The highest BCUT2D eigenvalue weighted by atomic mass is 32.2. The SMILES string of the molecule is COc1ccccc1SC(C)C(C)N. The molecule has 0 fully saturated rings. The summed E-state index contributed by atoms with van der Waals surface area (Å²) in [4.78, 5) is 1.15. The molecule has 0 heterocycles. The third-order valence-corrected chi connectivity index (χ3v) is 3.51. The second-order valence-electron chi connectivity index (χ2n) is 3.33. The lowest BCUT2D eigenvalue weighted by Gasteiger charge is -2.16. The lowest BCUT2D eigenvalue weighted by atomic mass is 10.3. The van der Waals surface area contributed by atoms with Gasteiger partial charge in [0.25, 0.3) is 0 Å². The number of methoxy groups -OCH3 is 1. The minimum Gasteiger partial charge on any atom is -0.496 e. The van der Waals surface area contributed by atoms with E-state index in [4.69, 9.17) is 10.5 Å². The van der Waals surface area contributed by atoms with Gasteiger partial charge < -0.3 is 10.5 Å². The van der Waals surface area contributed by atoms with Crippen molar-refractivity contribution in [2.24, 2.45) is 5.73 Å². The van der Waals surface area contributed by atoms with Gasteiger partial charge in [-0.15, -0.1) is 11.8 Å². The smallest absolute Gasteiger partial charge is 0.132 e. The van der Waals surface area contributed by atoms with Crippen molar-refractivity contribution in [2.45, 2.75) is 30.0 Å². The first-order chi connectivity index (χ1) is 6.65. The number of ether oxygens (including phenoxy) is 1. The monoisotopic (exact) mass is 211 g/mol. The van der Waals surface area contributed by atoms with E-state index in [1.54, 1.807) is 18.9 Å². The van der Waals surface area contributed by atoms with Crippen molar-refractivity contribution in [3.05, 3.63) is 24.3 Å². The molecular weight excluding hydrogens is 194 g/mol. The van der Waals surface area contributed by atoms with E-state index in [1.807, 2.05) is 25.1 Å². The summed E-state index contributed by atoms with van der Waals surface area (Å²) in [5.41, 5.74) is 5.81. The van der Waals surface area contributed by atoms with Crippen LogP contribution >= 0.6 is 11.8 Å². The topological polar surface area (TPSA) is 35.2 Å². The molecule has 0 aliphatic carbocycles. The fraction of sp³-hybridized carbons (Fsp3) is 0.455. The standard InChI is InChI=1S/C11H17NOS/c1-8(12)9(2)14-11-7-5-4-6-10(11)13-3/h4-9H,12H2,1-3H3. The summed E-state index contributed by atoms with van der Waals surface area (Å²) in [5.74, 6) is 0.921. The van der Waals surface area contributed by atoms with Gasteiger partial charge in [0.05, 0.1) is 7.11 Å². The molecule has 0 radical (unpaired) electrons. The second kappa shape index (κ2) is 5.27. The van der Waals surface area contributed by atoms with Crippen LogP contribution in [0.1, 0.15) is 13.8 Å². The number of nitrogens with two attached hydrogens (primary N) is 1. The molecule has 1 aromatic rings. The van der Waals surface area contributed by atoms with Gasteiger partial charge in [0.1, 0.15) is 5.75 Å². The van der Waals surface area contributed by atoms with Crippen LogP contribution in [0.5, 0.6) is 5.75 Å². The number of hydrogen-bond acceptors (Lipinski definition) is 3. The molecule has 0 spiro atoms. The van der Waals surface area contributed by atoms with Crippen LogP contribution in [-0.2, 0) is 0 Å². The van der Waals surface area contributed by atoms with Crippen LogP contribution in [0.4, 0.5) is 0 Å². The third-order valence-electron chi connectivity index (χ3n) is 2.12. The minimum absolute atomic E-state index is 0.185. The number of thioether (sulfide) groups is 1. The van der Waals surface area contributed by atoms with Crippen LogP contribution in [-0.4, -0.2) is 18.4 Å². The molecule has 0 aliphatic heterocycles. The summed E-state index contributed by atoms with van der Waals surface area (Å²) in [6, 6.07) is 8.20. The number of benzene rings is 1. The van der Waals surface area contributed by atoms with Gasteiger partial charge in [0, 0.05) is 16.2 Å². The van der Waals surface area contributed by atoms with E-state index in [0.29, 0.717) is 5.25 Å². The Labute approximate surface area is 89.8 Å². The molecule has 1 aromatic carbocycles. The normalized spacial score (nSPS) is 14.9. The largest absolute Gasteiger partial charge is 0.496 e. The second-order valence-corrected chi connectivity index (χ2v) is 4.75. The molecule has 0 aliphatic rings. The Kier molecular flexibility index (Phi) is 4.29. The van der Waals surface area contributed by atoms with E-state index < -0.39 is 0 Å². The summed E-state index contributed by atoms with van der Waals surface area (Å²) < 4.78 is 5.26. The maximum Gasteiger partial charge on any atom is 0.132 e. The van der Waals surface area contributed by atoms with Crippen molar-refractivity contribution < 1.29 is 4.74 Å². The molecule has 2 unspecified atom stereocenters. The Morgan fingerprint density at radius 3 is 2.50 bits per heavy atom. The minimum atomic E-state index is 0.185. The highest BCUT2D eigenvalue weighted by Gasteiger charge is 2.11. The fourth-order valence-corrected chi connectivity index (χ4v) is 2.06. The molecule has 78 valence electrons. The zero-order valence-corrected chi connectivity index (χ0v) is 9.67. The van der Waals surface area contributed by atoms with Crippen molar-refractivity contribution >= 4 is 11.8 Å². The first kappa shape index (κ1) is 11.4. The fourth-order valence-electron chi connectivity index (χ4n) is 1.02. The Hall–Kier alpha value is -0.670.